The molecule has 0 bridgehead atoms. The Bertz CT molecular complexity index is 1080. The van der Waals surface area contributed by atoms with Gasteiger partial charge in [0.05, 0.1) is 12.3 Å². The quantitative estimate of drug-likeness (QED) is 0.204. The highest BCUT2D eigenvalue weighted by molar-refractivity contribution is 7.66. The summed E-state index contributed by atoms with van der Waals surface area (Å²) in [6.45, 7) is 0.351. The molecule has 0 radical (unpaired) electrons. The van der Waals surface area contributed by atoms with Gasteiger partial charge in [-0.25, -0.2) is 18.1 Å². The SMILES string of the molecule is C#Cc1[nH]c(=O)c(C)cc1[C@@H]1O[C@H](COP(=O)(O)OP(=O)(O)OP(=O)(O)O)C(O)[C@@H]1F. The van der Waals surface area contributed by atoms with Gasteiger partial charge in [0, 0.05) is 11.1 Å². The van der Waals surface area contributed by atoms with Gasteiger partial charge >= 0.3 is 23.5 Å². The zero-order valence-electron chi connectivity index (χ0n) is 15.4. The second-order valence-electron chi connectivity index (χ2n) is 6.17. The van der Waals surface area contributed by atoms with E-state index >= 15 is 0 Å². The minimum Gasteiger partial charge on any atom is -0.387 e. The number of aryl methyl sites for hydroxylation is 1. The normalized spacial score (nSPS) is 27.9. The first kappa shape index (κ1) is 26.0. The van der Waals surface area contributed by atoms with E-state index in [1.165, 1.54) is 13.0 Å². The van der Waals surface area contributed by atoms with E-state index in [4.69, 9.17) is 25.8 Å². The van der Waals surface area contributed by atoms with Gasteiger partial charge in [-0.15, -0.1) is 6.42 Å². The number of phosphoric acid groups is 3. The second-order valence-corrected chi connectivity index (χ2v) is 10.6. The van der Waals surface area contributed by atoms with Crippen molar-refractivity contribution in [3.05, 3.63) is 33.2 Å². The number of aromatic amines is 1. The van der Waals surface area contributed by atoms with Crippen LogP contribution in [0.5, 0.6) is 0 Å². The average molecular weight is 507 g/mol. The van der Waals surface area contributed by atoms with Gasteiger partial charge in [-0.3, -0.25) is 9.32 Å². The summed E-state index contributed by atoms with van der Waals surface area (Å²) >= 11 is 0. The van der Waals surface area contributed by atoms with Gasteiger partial charge in [0.2, 0.25) is 0 Å². The van der Waals surface area contributed by atoms with Crippen LogP contribution in [0, 0.1) is 19.3 Å². The molecule has 1 fully saturated rings. The number of pyridine rings is 1. The summed E-state index contributed by atoms with van der Waals surface area (Å²) in [5, 5.41) is 10.0. The van der Waals surface area contributed by atoms with E-state index in [1.807, 2.05) is 0 Å². The molecule has 1 aromatic heterocycles. The van der Waals surface area contributed by atoms with Gasteiger partial charge in [-0.2, -0.15) is 8.62 Å². The van der Waals surface area contributed by atoms with Crippen molar-refractivity contribution < 1.29 is 60.6 Å². The van der Waals surface area contributed by atoms with Crippen molar-refractivity contribution in [1.29, 1.82) is 0 Å². The fourth-order valence-electron chi connectivity index (χ4n) is 2.58. The van der Waals surface area contributed by atoms with Crippen molar-refractivity contribution in [2.75, 3.05) is 6.61 Å². The summed E-state index contributed by atoms with van der Waals surface area (Å²) < 4.78 is 64.9. The van der Waals surface area contributed by atoms with E-state index < -0.39 is 60.1 Å². The van der Waals surface area contributed by atoms with Crippen molar-refractivity contribution in [3.63, 3.8) is 0 Å². The molecule has 1 saturated heterocycles. The van der Waals surface area contributed by atoms with Crippen molar-refractivity contribution in [2.45, 2.75) is 31.4 Å². The molecule has 31 heavy (non-hydrogen) atoms. The van der Waals surface area contributed by atoms with E-state index in [-0.39, 0.29) is 16.8 Å². The second kappa shape index (κ2) is 9.33. The predicted molar refractivity (Wildman–Crippen MR) is 98.1 cm³/mol. The number of terminal acetylenes is 1. The maximum atomic E-state index is 14.6. The summed E-state index contributed by atoms with van der Waals surface area (Å²) in [5.41, 5.74) is -0.484. The summed E-state index contributed by atoms with van der Waals surface area (Å²) in [7, 11) is -16.8. The highest BCUT2D eigenvalue weighted by Gasteiger charge is 2.47. The summed E-state index contributed by atoms with van der Waals surface area (Å²) in [6, 6.07) is 1.24. The zero-order valence-corrected chi connectivity index (χ0v) is 18.1. The number of hydrogen-bond acceptors (Lipinski definition) is 9. The molecule has 6 N–H and O–H groups in total. The Balaban J connectivity index is 2.13. The molecule has 1 aliphatic heterocycles. The Hall–Kier alpha value is -1.23. The Morgan fingerprint density at radius 3 is 2.39 bits per heavy atom. The van der Waals surface area contributed by atoms with E-state index in [1.54, 1.807) is 0 Å². The Kier molecular flexibility index (Phi) is 7.83. The third-order valence-electron chi connectivity index (χ3n) is 3.84. The molecular weight excluding hydrogens is 490 g/mol. The topological polar surface area (TPSA) is 222 Å². The van der Waals surface area contributed by atoms with E-state index in [9.17, 15) is 32.9 Å². The number of aromatic nitrogens is 1. The smallest absolute Gasteiger partial charge is 0.387 e. The van der Waals surface area contributed by atoms with Crippen LogP contribution in [-0.4, -0.2) is 54.7 Å². The van der Waals surface area contributed by atoms with Gasteiger partial charge < -0.3 is 34.4 Å². The number of hydrogen-bond donors (Lipinski definition) is 6. The summed E-state index contributed by atoms with van der Waals surface area (Å²) in [5.74, 6) is 2.14. The lowest BCUT2D eigenvalue weighted by Gasteiger charge is -2.19. The first-order valence-electron chi connectivity index (χ1n) is 8.01. The molecule has 0 spiro atoms. The average Bonchev–Trinajstić information content (AvgIpc) is 2.87. The molecule has 174 valence electrons. The van der Waals surface area contributed by atoms with Crippen LogP contribution in [0.3, 0.4) is 0 Å². The van der Waals surface area contributed by atoms with Crippen molar-refractivity contribution >= 4 is 23.5 Å². The van der Waals surface area contributed by atoms with Gasteiger partial charge in [0.15, 0.2) is 6.17 Å². The monoisotopic (exact) mass is 507 g/mol. The van der Waals surface area contributed by atoms with Crippen LogP contribution in [0.1, 0.15) is 22.9 Å². The van der Waals surface area contributed by atoms with Gasteiger partial charge in [0.25, 0.3) is 5.56 Å². The fraction of sp³-hybridized carbons (Fsp3) is 0.462. The fourth-order valence-corrected chi connectivity index (χ4v) is 5.61. The molecular formula is C13H17FNO13P3. The summed E-state index contributed by atoms with van der Waals surface area (Å²) in [4.78, 5) is 49.4. The Labute approximate surface area is 173 Å². The molecule has 14 nitrogen and oxygen atoms in total. The number of alkyl halides is 1. The molecule has 0 aromatic carbocycles. The molecule has 18 heteroatoms. The molecule has 2 heterocycles. The molecule has 1 aromatic rings. The molecule has 0 aliphatic carbocycles. The van der Waals surface area contributed by atoms with Crippen LogP contribution in [-0.2, 0) is 31.6 Å². The number of rotatable bonds is 8. The highest BCUT2D eigenvalue weighted by Crippen LogP contribution is 2.66. The minimum absolute atomic E-state index is 0.00647. The van der Waals surface area contributed by atoms with E-state index in [0.717, 1.165) is 0 Å². The molecule has 0 saturated carbocycles. The lowest BCUT2D eigenvalue weighted by Crippen LogP contribution is -2.31. The number of nitrogens with one attached hydrogen (secondary N) is 1. The number of aliphatic hydroxyl groups is 1. The maximum Gasteiger partial charge on any atom is 0.490 e. The van der Waals surface area contributed by atoms with Crippen LogP contribution in [0.4, 0.5) is 4.39 Å². The Morgan fingerprint density at radius 1 is 1.23 bits per heavy atom. The maximum absolute atomic E-state index is 14.6. The number of ether oxygens (including phenoxy) is 1. The molecule has 0 amide bonds. The predicted octanol–water partition coefficient (Wildman–Crippen LogP) is 0.147. The van der Waals surface area contributed by atoms with Crippen LogP contribution in [0.2, 0.25) is 0 Å². The number of aliphatic hydroxyl groups excluding tert-OH is 1. The van der Waals surface area contributed by atoms with Crippen LogP contribution >= 0.6 is 23.5 Å². The third kappa shape index (κ3) is 6.87. The molecule has 6 atom stereocenters. The minimum atomic E-state index is -5.74. The van der Waals surface area contributed by atoms with Gasteiger partial charge in [0.1, 0.15) is 18.3 Å². The lowest BCUT2D eigenvalue weighted by molar-refractivity contribution is -0.0222. The van der Waals surface area contributed by atoms with E-state index in [0.29, 0.717) is 0 Å². The first-order valence-corrected chi connectivity index (χ1v) is 12.5. The molecule has 2 rings (SSSR count). The zero-order chi connectivity index (χ0) is 23.8. The number of H-pyrrole nitrogens is 1. The van der Waals surface area contributed by atoms with Crippen LogP contribution < -0.4 is 5.56 Å². The van der Waals surface area contributed by atoms with Crippen molar-refractivity contribution in [2.24, 2.45) is 0 Å². The standard InChI is InChI=1S/C13H17FNO13P3/c1-3-8-7(4-6(2)13(17)15-8)12-10(14)11(16)9(26-12)5-25-30(21,22)28-31(23,24)27-29(18,19)20/h1,4,9-12,16H,5H2,2H3,(H,15,17)(H,21,22)(H,23,24)(H2,18,19,20)/t9-,10+,11?,12+/m1/s1. The van der Waals surface area contributed by atoms with Crippen molar-refractivity contribution in [3.8, 4) is 12.3 Å². The van der Waals surface area contributed by atoms with Crippen molar-refractivity contribution in [1.82, 2.24) is 4.98 Å². The van der Waals surface area contributed by atoms with Gasteiger partial charge in [-0.1, -0.05) is 5.92 Å². The largest absolute Gasteiger partial charge is 0.490 e. The first-order chi connectivity index (χ1) is 14.1. The highest BCUT2D eigenvalue weighted by atomic mass is 31.3. The molecule has 3 unspecified atom stereocenters. The summed E-state index contributed by atoms with van der Waals surface area (Å²) in [6.07, 6.45) is -1.88. The van der Waals surface area contributed by atoms with Gasteiger partial charge in [-0.05, 0) is 13.0 Å². The lowest BCUT2D eigenvalue weighted by atomic mass is 10.00. The third-order valence-corrected chi connectivity index (χ3v) is 7.65. The Morgan fingerprint density at radius 2 is 1.84 bits per heavy atom. The molecule has 1 aliphatic rings. The van der Waals surface area contributed by atoms with Crippen LogP contribution in [0.25, 0.3) is 0 Å². The number of phosphoric ester groups is 1. The number of halogens is 1. The van der Waals surface area contributed by atoms with E-state index in [2.05, 4.69) is 24.0 Å². The van der Waals surface area contributed by atoms with Crippen LogP contribution in [0.15, 0.2) is 10.9 Å².